The number of carboxylic acids is 1. The minimum absolute atomic E-state index is 0.0718. The molecule has 2 aromatic rings. The molecule has 0 radical (unpaired) electrons. The van der Waals surface area contributed by atoms with Gasteiger partial charge in [-0.05, 0) is 33.1 Å². The molecule has 0 spiro atoms. The number of hydrogen-bond donors (Lipinski definition) is 2. The van der Waals surface area contributed by atoms with Crippen molar-refractivity contribution in [2.24, 2.45) is 0 Å². The number of benzene rings is 1. The third-order valence-electron chi connectivity index (χ3n) is 2.70. The maximum atomic E-state index is 10.8. The third-order valence-corrected chi connectivity index (χ3v) is 4.39. The van der Waals surface area contributed by atoms with Crippen molar-refractivity contribution in [3.63, 3.8) is 0 Å². The summed E-state index contributed by atoms with van der Waals surface area (Å²) in [7, 11) is 0. The molecule has 0 aliphatic rings. The van der Waals surface area contributed by atoms with Gasteiger partial charge in [-0.25, -0.2) is 0 Å². The van der Waals surface area contributed by atoms with E-state index in [0.29, 0.717) is 6.54 Å². The zero-order chi connectivity index (χ0) is 13.7. The molecule has 0 bridgehead atoms. The molecule has 100 valence electrons. The molecule has 0 unspecified atom stereocenters. The number of thiophene rings is 1. The first kappa shape index (κ1) is 14.2. The van der Waals surface area contributed by atoms with Gasteiger partial charge >= 0.3 is 5.97 Å². The zero-order valence-electron chi connectivity index (χ0n) is 10.2. The van der Waals surface area contributed by atoms with Crippen LogP contribution in [0.4, 0.5) is 0 Å². The largest absolute Gasteiger partial charge is 0.481 e. The van der Waals surface area contributed by atoms with Crippen molar-refractivity contribution in [3.05, 3.63) is 56.2 Å². The van der Waals surface area contributed by atoms with Crippen LogP contribution in [-0.2, 0) is 24.3 Å². The predicted octanol–water partition coefficient (Wildman–Crippen LogP) is 3.43. The molecular formula is C14H14BrNO2S. The van der Waals surface area contributed by atoms with Crippen LogP contribution >= 0.6 is 27.3 Å². The first-order valence-electron chi connectivity index (χ1n) is 5.87. The fraction of sp³-hybridized carbons (Fsp3) is 0.214. The number of rotatable bonds is 6. The summed E-state index contributed by atoms with van der Waals surface area (Å²) in [6, 6.07) is 9.73. The van der Waals surface area contributed by atoms with Crippen LogP contribution in [0.1, 0.15) is 16.0 Å². The Kier molecular flexibility index (Phi) is 5.13. The lowest BCUT2D eigenvalue weighted by Crippen LogP contribution is -2.14. The average Bonchev–Trinajstić information content (AvgIpc) is 2.77. The lowest BCUT2D eigenvalue weighted by molar-refractivity contribution is -0.136. The van der Waals surface area contributed by atoms with Gasteiger partial charge in [0.25, 0.3) is 0 Å². The first-order valence-corrected chi connectivity index (χ1v) is 7.54. The van der Waals surface area contributed by atoms with Gasteiger partial charge in [0, 0.05) is 27.8 Å². The molecule has 0 amide bonds. The molecule has 0 atom stereocenters. The van der Waals surface area contributed by atoms with Crippen molar-refractivity contribution >= 4 is 33.2 Å². The van der Waals surface area contributed by atoms with E-state index >= 15 is 0 Å². The number of halogens is 1. The second kappa shape index (κ2) is 6.84. The summed E-state index contributed by atoms with van der Waals surface area (Å²) in [5, 5.41) is 14.3. The second-order valence-corrected chi connectivity index (χ2v) is 6.09. The molecule has 1 aromatic carbocycles. The Bertz CT molecular complexity index is 568. The molecule has 19 heavy (non-hydrogen) atoms. The topological polar surface area (TPSA) is 49.3 Å². The van der Waals surface area contributed by atoms with Crippen molar-refractivity contribution < 1.29 is 9.90 Å². The average molecular weight is 340 g/mol. The van der Waals surface area contributed by atoms with Gasteiger partial charge in [-0.1, -0.05) is 24.3 Å². The van der Waals surface area contributed by atoms with Gasteiger partial charge in [0.05, 0.1) is 6.42 Å². The fourth-order valence-electron chi connectivity index (χ4n) is 1.83. The van der Waals surface area contributed by atoms with E-state index in [1.807, 2.05) is 24.3 Å². The fourth-order valence-corrected chi connectivity index (χ4v) is 3.25. The summed E-state index contributed by atoms with van der Waals surface area (Å²) < 4.78 is 1.10. The quantitative estimate of drug-likeness (QED) is 0.847. The third kappa shape index (κ3) is 4.45. The van der Waals surface area contributed by atoms with Gasteiger partial charge in [0.1, 0.15) is 0 Å². The molecule has 0 saturated heterocycles. The van der Waals surface area contributed by atoms with Gasteiger partial charge in [-0.3, -0.25) is 4.79 Å². The van der Waals surface area contributed by atoms with Gasteiger partial charge < -0.3 is 10.4 Å². The lowest BCUT2D eigenvalue weighted by atomic mass is 10.0. The minimum atomic E-state index is -0.797. The summed E-state index contributed by atoms with van der Waals surface area (Å²) in [4.78, 5) is 12.0. The van der Waals surface area contributed by atoms with Crippen LogP contribution in [0, 0.1) is 0 Å². The highest BCUT2D eigenvalue weighted by molar-refractivity contribution is 9.10. The van der Waals surface area contributed by atoms with Crippen LogP contribution in [-0.4, -0.2) is 11.1 Å². The van der Waals surface area contributed by atoms with Crippen molar-refractivity contribution in [3.8, 4) is 0 Å². The van der Waals surface area contributed by atoms with Crippen LogP contribution in [0.2, 0.25) is 0 Å². The van der Waals surface area contributed by atoms with Crippen molar-refractivity contribution in [1.82, 2.24) is 5.32 Å². The molecule has 0 fully saturated rings. The van der Waals surface area contributed by atoms with Crippen molar-refractivity contribution in [2.75, 3.05) is 0 Å². The van der Waals surface area contributed by atoms with Crippen LogP contribution < -0.4 is 5.32 Å². The summed E-state index contributed by atoms with van der Waals surface area (Å²) in [5.41, 5.74) is 1.91. The molecule has 2 rings (SSSR count). The van der Waals surface area contributed by atoms with Crippen molar-refractivity contribution in [1.29, 1.82) is 0 Å². The maximum Gasteiger partial charge on any atom is 0.307 e. The van der Waals surface area contributed by atoms with E-state index < -0.39 is 5.97 Å². The molecule has 2 N–H and O–H groups in total. The number of aliphatic carboxylic acids is 1. The number of carbonyl (C=O) groups is 1. The van der Waals surface area contributed by atoms with E-state index in [2.05, 4.69) is 32.7 Å². The Hall–Kier alpha value is -1.17. The van der Waals surface area contributed by atoms with E-state index in [-0.39, 0.29) is 6.42 Å². The summed E-state index contributed by atoms with van der Waals surface area (Å²) in [6.07, 6.45) is 0.0718. The molecular weight excluding hydrogens is 326 g/mol. The first-order chi connectivity index (χ1) is 9.15. The van der Waals surface area contributed by atoms with Crippen LogP contribution in [0.15, 0.2) is 40.2 Å². The molecule has 0 aliphatic carbocycles. The number of carboxylic acid groups (broad SMARTS) is 1. The van der Waals surface area contributed by atoms with E-state index in [1.165, 1.54) is 4.88 Å². The standard InChI is InChI=1S/C14H14BrNO2S/c15-12-6-13(19-9-12)8-16-7-11-4-2-1-3-10(11)5-14(17)18/h1-4,6,9,16H,5,7-8H2,(H,17,18). The Morgan fingerprint density at radius 2 is 2.00 bits per heavy atom. The Balaban J connectivity index is 1.93. The molecule has 0 aliphatic heterocycles. The minimum Gasteiger partial charge on any atom is -0.481 e. The molecule has 5 heteroatoms. The normalized spacial score (nSPS) is 10.6. The molecule has 1 heterocycles. The zero-order valence-corrected chi connectivity index (χ0v) is 12.6. The van der Waals surface area contributed by atoms with E-state index in [0.717, 1.165) is 22.1 Å². The number of nitrogens with one attached hydrogen (secondary N) is 1. The Morgan fingerprint density at radius 3 is 2.63 bits per heavy atom. The van der Waals surface area contributed by atoms with Crippen LogP contribution in [0.25, 0.3) is 0 Å². The van der Waals surface area contributed by atoms with Gasteiger partial charge in [0.2, 0.25) is 0 Å². The van der Waals surface area contributed by atoms with E-state index in [1.54, 1.807) is 11.3 Å². The molecule has 3 nitrogen and oxygen atoms in total. The van der Waals surface area contributed by atoms with Crippen LogP contribution in [0.3, 0.4) is 0 Å². The molecule has 1 aromatic heterocycles. The van der Waals surface area contributed by atoms with E-state index in [9.17, 15) is 4.79 Å². The summed E-state index contributed by atoms with van der Waals surface area (Å²) in [5.74, 6) is -0.797. The van der Waals surface area contributed by atoms with Crippen molar-refractivity contribution in [2.45, 2.75) is 19.5 Å². The van der Waals surface area contributed by atoms with E-state index in [4.69, 9.17) is 5.11 Å². The summed E-state index contributed by atoms with van der Waals surface area (Å²) in [6.45, 7) is 1.47. The SMILES string of the molecule is O=C(O)Cc1ccccc1CNCc1cc(Br)cs1. The van der Waals surface area contributed by atoms with Gasteiger partial charge in [-0.15, -0.1) is 11.3 Å². The highest BCUT2D eigenvalue weighted by Gasteiger charge is 2.06. The highest BCUT2D eigenvalue weighted by atomic mass is 79.9. The lowest BCUT2D eigenvalue weighted by Gasteiger charge is -2.08. The summed E-state index contributed by atoms with van der Waals surface area (Å²) >= 11 is 5.12. The monoisotopic (exact) mass is 339 g/mol. The Labute approximate surface area is 124 Å². The predicted molar refractivity (Wildman–Crippen MR) is 80.3 cm³/mol. The Morgan fingerprint density at radius 1 is 1.26 bits per heavy atom. The van der Waals surface area contributed by atoms with Gasteiger partial charge in [0.15, 0.2) is 0 Å². The van der Waals surface area contributed by atoms with Crippen LogP contribution in [0.5, 0.6) is 0 Å². The second-order valence-electron chi connectivity index (χ2n) is 4.17. The maximum absolute atomic E-state index is 10.8. The van der Waals surface area contributed by atoms with Gasteiger partial charge in [-0.2, -0.15) is 0 Å². The molecule has 0 saturated carbocycles. The highest BCUT2D eigenvalue weighted by Crippen LogP contribution is 2.19. The number of hydrogen-bond acceptors (Lipinski definition) is 3. The smallest absolute Gasteiger partial charge is 0.307 e.